The summed E-state index contributed by atoms with van der Waals surface area (Å²) in [5.74, 6) is -0.784. The molecule has 2 rings (SSSR count). The molecule has 0 unspecified atom stereocenters. The van der Waals surface area contributed by atoms with Crippen LogP contribution in [0.4, 0.5) is 5.00 Å². The third kappa shape index (κ3) is 3.05. The number of esters is 1. The Kier molecular flexibility index (Phi) is 4.52. The van der Waals surface area contributed by atoms with Gasteiger partial charge in [-0.25, -0.2) is 4.79 Å². The monoisotopic (exact) mass is 293 g/mol. The van der Waals surface area contributed by atoms with Crippen molar-refractivity contribution >= 4 is 28.2 Å². The molecule has 0 atom stereocenters. The molecule has 0 aliphatic carbocycles. The highest BCUT2D eigenvalue weighted by Crippen LogP contribution is 2.24. The van der Waals surface area contributed by atoms with Crippen LogP contribution in [0, 0.1) is 0 Å². The Labute approximate surface area is 120 Å². The molecule has 0 radical (unpaired) electrons. The average molecular weight is 293 g/mol. The highest BCUT2D eigenvalue weighted by atomic mass is 32.1. The number of anilines is 1. The van der Waals surface area contributed by atoms with Gasteiger partial charge in [-0.2, -0.15) is 5.10 Å². The average Bonchev–Trinajstić information content (AvgIpc) is 3.07. The maximum absolute atomic E-state index is 12.0. The minimum atomic E-state index is -0.442. The SMILES string of the molecule is CCOC(=O)c1ccsc1NC(=O)c1ccn(CC)n1. The van der Waals surface area contributed by atoms with E-state index in [-0.39, 0.29) is 5.91 Å². The number of ether oxygens (including phenoxy) is 1. The number of hydrogen-bond acceptors (Lipinski definition) is 5. The van der Waals surface area contributed by atoms with Crippen molar-refractivity contribution < 1.29 is 14.3 Å². The highest BCUT2D eigenvalue weighted by molar-refractivity contribution is 7.14. The van der Waals surface area contributed by atoms with Gasteiger partial charge in [-0.1, -0.05) is 0 Å². The Morgan fingerprint density at radius 1 is 1.40 bits per heavy atom. The van der Waals surface area contributed by atoms with Crippen molar-refractivity contribution in [3.63, 3.8) is 0 Å². The van der Waals surface area contributed by atoms with Crippen LogP contribution in [0.5, 0.6) is 0 Å². The zero-order chi connectivity index (χ0) is 14.5. The summed E-state index contributed by atoms with van der Waals surface area (Å²) < 4.78 is 6.59. The van der Waals surface area contributed by atoms with Crippen LogP contribution in [0.25, 0.3) is 0 Å². The van der Waals surface area contributed by atoms with Crippen LogP contribution in [0.2, 0.25) is 0 Å². The molecule has 1 N–H and O–H groups in total. The van der Waals surface area contributed by atoms with Crippen LogP contribution in [0.1, 0.15) is 34.7 Å². The van der Waals surface area contributed by atoms with Crippen molar-refractivity contribution in [3.8, 4) is 0 Å². The molecule has 2 aromatic heterocycles. The summed E-state index contributed by atoms with van der Waals surface area (Å²) in [5, 5.41) is 9.00. The second kappa shape index (κ2) is 6.33. The van der Waals surface area contributed by atoms with Crippen molar-refractivity contribution in [2.75, 3.05) is 11.9 Å². The molecule has 106 valence electrons. The summed E-state index contributed by atoms with van der Waals surface area (Å²) in [4.78, 5) is 23.8. The molecule has 0 aromatic carbocycles. The molecule has 0 spiro atoms. The van der Waals surface area contributed by atoms with Gasteiger partial charge in [0.1, 0.15) is 5.00 Å². The number of amides is 1. The predicted octanol–water partition coefficient (Wildman–Crippen LogP) is 2.39. The molecule has 0 fully saturated rings. The third-order valence-corrected chi connectivity index (χ3v) is 3.41. The van der Waals surface area contributed by atoms with Gasteiger partial charge >= 0.3 is 5.97 Å². The van der Waals surface area contributed by atoms with Crippen LogP contribution in [-0.4, -0.2) is 28.3 Å². The summed E-state index contributed by atoms with van der Waals surface area (Å²) in [7, 11) is 0. The summed E-state index contributed by atoms with van der Waals surface area (Å²) in [6, 6.07) is 3.26. The van der Waals surface area contributed by atoms with Crippen LogP contribution >= 0.6 is 11.3 Å². The molecule has 0 aliphatic heterocycles. The standard InChI is InChI=1S/C13H15N3O3S/c1-3-16-7-5-10(15-16)11(17)14-12-9(6-8-20-12)13(18)19-4-2/h5-8H,3-4H2,1-2H3,(H,14,17). The summed E-state index contributed by atoms with van der Waals surface area (Å²) in [5.41, 5.74) is 0.676. The number of rotatable bonds is 5. The zero-order valence-corrected chi connectivity index (χ0v) is 12.1. The number of aromatic nitrogens is 2. The fourth-order valence-corrected chi connectivity index (χ4v) is 2.37. The van der Waals surface area contributed by atoms with E-state index in [9.17, 15) is 9.59 Å². The molecule has 0 bridgehead atoms. The number of nitrogens with one attached hydrogen (secondary N) is 1. The quantitative estimate of drug-likeness (QED) is 0.859. The predicted molar refractivity (Wildman–Crippen MR) is 76.1 cm³/mol. The molecule has 2 heterocycles. The molecule has 7 heteroatoms. The van der Waals surface area contributed by atoms with Crippen molar-refractivity contribution in [2.24, 2.45) is 0 Å². The summed E-state index contributed by atoms with van der Waals surface area (Å²) in [6.45, 7) is 4.66. The Hall–Kier alpha value is -2.15. The van der Waals surface area contributed by atoms with E-state index in [1.807, 2.05) is 6.92 Å². The van der Waals surface area contributed by atoms with Crippen LogP contribution in [0.15, 0.2) is 23.7 Å². The van der Waals surface area contributed by atoms with Crippen LogP contribution in [0.3, 0.4) is 0 Å². The molecule has 0 saturated carbocycles. The molecule has 1 amide bonds. The minimum Gasteiger partial charge on any atom is -0.462 e. The third-order valence-electron chi connectivity index (χ3n) is 2.58. The fourth-order valence-electron chi connectivity index (χ4n) is 1.60. The Morgan fingerprint density at radius 3 is 2.85 bits per heavy atom. The smallest absolute Gasteiger partial charge is 0.341 e. The number of carbonyl (C=O) groups is 2. The van der Waals surface area contributed by atoms with E-state index in [2.05, 4.69) is 10.4 Å². The number of hydrogen-bond donors (Lipinski definition) is 1. The van der Waals surface area contributed by atoms with Crippen molar-refractivity contribution in [1.82, 2.24) is 9.78 Å². The Morgan fingerprint density at radius 2 is 2.20 bits per heavy atom. The first-order valence-electron chi connectivity index (χ1n) is 6.25. The summed E-state index contributed by atoms with van der Waals surface area (Å²) >= 11 is 1.27. The maximum atomic E-state index is 12.0. The van der Waals surface area contributed by atoms with Gasteiger partial charge in [-0.05, 0) is 31.4 Å². The molecule has 0 aliphatic rings. The molecule has 2 aromatic rings. The lowest BCUT2D eigenvalue weighted by Crippen LogP contribution is -2.15. The van der Waals surface area contributed by atoms with Crippen LogP contribution in [-0.2, 0) is 11.3 Å². The number of carbonyl (C=O) groups excluding carboxylic acids is 2. The molecule has 0 saturated heterocycles. The molecule has 6 nitrogen and oxygen atoms in total. The molecular formula is C13H15N3O3S. The second-order valence-electron chi connectivity index (χ2n) is 3.89. The first-order valence-corrected chi connectivity index (χ1v) is 7.13. The van der Waals surface area contributed by atoms with Gasteiger partial charge in [-0.15, -0.1) is 11.3 Å². The lowest BCUT2D eigenvalue weighted by molar-refractivity contribution is 0.0528. The Bertz CT molecular complexity index is 618. The zero-order valence-electron chi connectivity index (χ0n) is 11.3. The van der Waals surface area contributed by atoms with Crippen molar-refractivity contribution in [2.45, 2.75) is 20.4 Å². The van der Waals surface area contributed by atoms with E-state index in [0.717, 1.165) is 0 Å². The van der Waals surface area contributed by atoms with Gasteiger partial charge in [-0.3, -0.25) is 9.48 Å². The lowest BCUT2D eigenvalue weighted by Gasteiger charge is -2.04. The van der Waals surface area contributed by atoms with E-state index in [4.69, 9.17) is 4.74 Å². The Balaban J connectivity index is 2.12. The van der Waals surface area contributed by atoms with Crippen molar-refractivity contribution in [1.29, 1.82) is 0 Å². The molecule has 20 heavy (non-hydrogen) atoms. The minimum absolute atomic E-state index is 0.295. The first-order chi connectivity index (χ1) is 9.65. The van der Waals surface area contributed by atoms with Crippen molar-refractivity contribution in [3.05, 3.63) is 35.0 Å². The fraction of sp³-hybridized carbons (Fsp3) is 0.308. The van der Waals surface area contributed by atoms with E-state index < -0.39 is 5.97 Å². The first kappa shape index (κ1) is 14.3. The summed E-state index contributed by atoms with van der Waals surface area (Å²) in [6.07, 6.45) is 1.73. The maximum Gasteiger partial charge on any atom is 0.341 e. The van der Waals surface area contributed by atoms with Gasteiger partial charge in [0.05, 0.1) is 12.2 Å². The van der Waals surface area contributed by atoms with Gasteiger partial charge in [0.2, 0.25) is 0 Å². The topological polar surface area (TPSA) is 73.2 Å². The number of thiophene rings is 1. The number of aryl methyl sites for hydroxylation is 1. The lowest BCUT2D eigenvalue weighted by atomic mass is 10.3. The van der Waals surface area contributed by atoms with Gasteiger partial charge in [0, 0.05) is 12.7 Å². The normalized spacial score (nSPS) is 10.3. The van der Waals surface area contributed by atoms with Gasteiger partial charge < -0.3 is 10.1 Å². The van der Waals surface area contributed by atoms with E-state index in [0.29, 0.717) is 29.4 Å². The second-order valence-corrected chi connectivity index (χ2v) is 4.81. The van der Waals surface area contributed by atoms with E-state index in [1.165, 1.54) is 11.3 Å². The van der Waals surface area contributed by atoms with E-state index >= 15 is 0 Å². The largest absolute Gasteiger partial charge is 0.462 e. The molecular weight excluding hydrogens is 278 g/mol. The van der Waals surface area contributed by atoms with Gasteiger partial charge in [0.25, 0.3) is 5.91 Å². The number of nitrogens with zero attached hydrogens (tertiary/aromatic N) is 2. The van der Waals surface area contributed by atoms with Gasteiger partial charge in [0.15, 0.2) is 5.69 Å². The van der Waals surface area contributed by atoms with Crippen LogP contribution < -0.4 is 5.32 Å². The highest BCUT2D eigenvalue weighted by Gasteiger charge is 2.17. The van der Waals surface area contributed by atoms with E-state index in [1.54, 1.807) is 35.3 Å².